The molecule has 0 spiro atoms. The van der Waals surface area contributed by atoms with E-state index in [1.54, 1.807) is 0 Å². The summed E-state index contributed by atoms with van der Waals surface area (Å²) >= 11 is 9.09. The fourth-order valence-corrected chi connectivity index (χ4v) is 1.84. The topological polar surface area (TPSA) is 0 Å². The van der Waals surface area contributed by atoms with Gasteiger partial charge in [0.2, 0.25) is 0 Å². The lowest BCUT2D eigenvalue weighted by Gasteiger charge is -2.22. The number of unbranched alkanes of at least 4 members (excludes halogenated alkanes) is 1. The molecule has 2 heteroatoms. The van der Waals surface area contributed by atoms with Crippen LogP contribution >= 0.6 is 25.3 Å². The maximum atomic E-state index is 4.55. The van der Waals surface area contributed by atoms with Crippen molar-refractivity contribution in [2.75, 3.05) is 0 Å². The van der Waals surface area contributed by atoms with Gasteiger partial charge in [-0.3, -0.25) is 0 Å². The number of benzene rings is 1. The number of hydrogen-bond acceptors (Lipinski definition) is 2. The first kappa shape index (κ1) is 11.0. The van der Waals surface area contributed by atoms with Crippen LogP contribution in [0.5, 0.6) is 0 Å². The molecule has 0 amide bonds. The molecule has 0 aliphatic rings. The van der Waals surface area contributed by atoms with Gasteiger partial charge in [0.1, 0.15) is 0 Å². The van der Waals surface area contributed by atoms with E-state index in [2.05, 4.69) is 44.3 Å². The lowest BCUT2D eigenvalue weighted by molar-refractivity contribution is 0.704. The minimum atomic E-state index is -0.307. The van der Waals surface area contributed by atoms with Crippen LogP contribution in [0, 0.1) is 6.92 Å². The SMILES string of the molecule is [CH2]CCCC(S)(S)c1ccccc1. The molecule has 1 aromatic carbocycles. The normalized spacial score (nSPS) is 11.6. The average Bonchev–Trinajstić information content (AvgIpc) is 2.16. The molecule has 0 nitrogen and oxygen atoms in total. The molecule has 0 bridgehead atoms. The summed E-state index contributed by atoms with van der Waals surface area (Å²) in [6.07, 6.45) is 2.95. The third-order valence-electron chi connectivity index (χ3n) is 2.01. The molecule has 0 N–H and O–H groups in total. The third-order valence-corrected chi connectivity index (χ3v) is 2.98. The van der Waals surface area contributed by atoms with Gasteiger partial charge in [0.25, 0.3) is 0 Å². The van der Waals surface area contributed by atoms with E-state index in [1.807, 2.05) is 18.2 Å². The average molecular weight is 211 g/mol. The lowest BCUT2D eigenvalue weighted by Crippen LogP contribution is -2.09. The van der Waals surface area contributed by atoms with Crippen LogP contribution in [0.1, 0.15) is 24.8 Å². The standard InChI is InChI=1S/C11H15S2/c1-2-3-9-11(12,13)10-7-5-4-6-8-10/h4-8,12-13H,1-3,9H2. The van der Waals surface area contributed by atoms with E-state index < -0.39 is 0 Å². The van der Waals surface area contributed by atoms with Gasteiger partial charge in [0.05, 0.1) is 4.08 Å². The molecule has 0 saturated heterocycles. The van der Waals surface area contributed by atoms with Crippen LogP contribution in [0.15, 0.2) is 30.3 Å². The molecule has 1 rings (SSSR count). The van der Waals surface area contributed by atoms with Crippen molar-refractivity contribution in [1.29, 1.82) is 0 Å². The highest BCUT2D eigenvalue weighted by Crippen LogP contribution is 2.37. The molecule has 1 aromatic rings. The number of rotatable bonds is 4. The van der Waals surface area contributed by atoms with Gasteiger partial charge in [-0.2, -0.15) is 25.3 Å². The van der Waals surface area contributed by atoms with Gasteiger partial charge in [-0.15, -0.1) is 0 Å². The summed E-state index contributed by atoms with van der Waals surface area (Å²) in [6, 6.07) is 10.1. The molecule has 0 aliphatic heterocycles. The van der Waals surface area contributed by atoms with Crippen LogP contribution in [-0.2, 0) is 4.08 Å². The summed E-state index contributed by atoms with van der Waals surface area (Å²) in [6.45, 7) is 3.81. The molecule has 0 fully saturated rings. The molecule has 0 saturated carbocycles. The summed E-state index contributed by atoms with van der Waals surface area (Å²) in [4.78, 5) is 0. The van der Waals surface area contributed by atoms with Crippen molar-refractivity contribution in [3.05, 3.63) is 42.8 Å². The largest absolute Gasteiger partial charge is 0.157 e. The van der Waals surface area contributed by atoms with Gasteiger partial charge in [0.15, 0.2) is 0 Å². The summed E-state index contributed by atoms with van der Waals surface area (Å²) in [5.41, 5.74) is 1.16. The third kappa shape index (κ3) is 3.28. The molecule has 13 heavy (non-hydrogen) atoms. The first-order chi connectivity index (χ1) is 6.17. The van der Waals surface area contributed by atoms with Gasteiger partial charge < -0.3 is 0 Å². The van der Waals surface area contributed by atoms with E-state index in [1.165, 1.54) is 0 Å². The zero-order valence-electron chi connectivity index (χ0n) is 7.61. The van der Waals surface area contributed by atoms with Crippen molar-refractivity contribution in [2.24, 2.45) is 0 Å². The smallest absolute Gasteiger partial charge is 0.0802 e. The Balaban J connectivity index is 2.69. The highest BCUT2D eigenvalue weighted by molar-refractivity contribution is 7.99. The van der Waals surface area contributed by atoms with Crippen molar-refractivity contribution in [3.8, 4) is 0 Å². The van der Waals surface area contributed by atoms with E-state index in [-0.39, 0.29) is 4.08 Å². The Kier molecular flexibility index (Phi) is 4.20. The van der Waals surface area contributed by atoms with Crippen molar-refractivity contribution in [1.82, 2.24) is 0 Å². The predicted octanol–water partition coefficient (Wildman–Crippen LogP) is 3.70. The second-order valence-electron chi connectivity index (χ2n) is 3.14. The summed E-state index contributed by atoms with van der Waals surface area (Å²) in [5, 5.41) is 0. The molecule has 0 unspecified atom stereocenters. The number of hydrogen-bond donors (Lipinski definition) is 2. The molecule has 1 radical (unpaired) electrons. The fraction of sp³-hybridized carbons (Fsp3) is 0.364. The fourth-order valence-electron chi connectivity index (χ4n) is 1.22. The van der Waals surface area contributed by atoms with Crippen LogP contribution in [-0.4, -0.2) is 0 Å². The van der Waals surface area contributed by atoms with Crippen LogP contribution in [0.4, 0.5) is 0 Å². The van der Waals surface area contributed by atoms with Crippen LogP contribution in [0.3, 0.4) is 0 Å². The van der Waals surface area contributed by atoms with Crippen LogP contribution < -0.4 is 0 Å². The zero-order chi connectivity index (χ0) is 9.73. The zero-order valence-corrected chi connectivity index (χ0v) is 9.40. The molecule has 0 aromatic heterocycles. The maximum absolute atomic E-state index is 4.55. The Morgan fingerprint density at radius 1 is 1.15 bits per heavy atom. The summed E-state index contributed by atoms with van der Waals surface area (Å²) in [5.74, 6) is 0. The van der Waals surface area contributed by atoms with E-state index >= 15 is 0 Å². The molecular formula is C11H15S2. The quantitative estimate of drug-likeness (QED) is 0.550. The maximum Gasteiger partial charge on any atom is 0.0802 e. The summed E-state index contributed by atoms with van der Waals surface area (Å²) in [7, 11) is 0. The first-order valence-electron chi connectivity index (χ1n) is 4.46. The van der Waals surface area contributed by atoms with Crippen LogP contribution in [0.2, 0.25) is 0 Å². The second kappa shape index (κ2) is 4.97. The molecule has 0 aliphatic carbocycles. The lowest BCUT2D eigenvalue weighted by atomic mass is 10.1. The minimum Gasteiger partial charge on any atom is -0.157 e. The van der Waals surface area contributed by atoms with E-state index in [0.29, 0.717) is 0 Å². The van der Waals surface area contributed by atoms with Crippen molar-refractivity contribution in [3.63, 3.8) is 0 Å². The van der Waals surface area contributed by atoms with Gasteiger partial charge in [-0.25, -0.2) is 0 Å². The highest BCUT2D eigenvalue weighted by atomic mass is 32.2. The monoisotopic (exact) mass is 211 g/mol. The predicted molar refractivity (Wildman–Crippen MR) is 65.3 cm³/mol. The van der Waals surface area contributed by atoms with E-state index in [9.17, 15) is 0 Å². The Morgan fingerprint density at radius 3 is 2.31 bits per heavy atom. The molecule has 0 atom stereocenters. The molecule has 0 heterocycles. The summed E-state index contributed by atoms with van der Waals surface area (Å²) < 4.78 is -0.307. The van der Waals surface area contributed by atoms with Crippen molar-refractivity contribution in [2.45, 2.75) is 23.3 Å². The minimum absolute atomic E-state index is 0.307. The van der Waals surface area contributed by atoms with Crippen molar-refractivity contribution < 1.29 is 0 Å². The van der Waals surface area contributed by atoms with Crippen molar-refractivity contribution >= 4 is 25.3 Å². The molecule has 71 valence electrons. The highest BCUT2D eigenvalue weighted by Gasteiger charge is 2.21. The van der Waals surface area contributed by atoms with Gasteiger partial charge in [-0.05, 0) is 12.0 Å². The Labute approximate surface area is 91.6 Å². The van der Waals surface area contributed by atoms with Crippen LogP contribution in [0.25, 0.3) is 0 Å². The Hall–Kier alpha value is -0.0800. The first-order valence-corrected chi connectivity index (χ1v) is 5.36. The van der Waals surface area contributed by atoms with E-state index in [0.717, 1.165) is 24.8 Å². The van der Waals surface area contributed by atoms with E-state index in [4.69, 9.17) is 0 Å². The van der Waals surface area contributed by atoms with Gasteiger partial charge in [0, 0.05) is 0 Å². The number of thiol groups is 2. The van der Waals surface area contributed by atoms with Gasteiger partial charge >= 0.3 is 0 Å². The Bertz CT molecular complexity index is 242. The van der Waals surface area contributed by atoms with Gasteiger partial charge in [-0.1, -0.05) is 50.1 Å². The second-order valence-corrected chi connectivity index (χ2v) is 5.02. The Morgan fingerprint density at radius 2 is 1.77 bits per heavy atom. The molecular weight excluding hydrogens is 196 g/mol.